The Morgan fingerprint density at radius 1 is 1.50 bits per heavy atom. The SMILES string of the molecule is CCCC1(C)CNCC(COCC)O1. The molecular weight excluding hydrogens is 178 g/mol. The quantitative estimate of drug-likeness (QED) is 0.732. The van der Waals surface area contributed by atoms with Crippen molar-refractivity contribution in [3.05, 3.63) is 0 Å². The van der Waals surface area contributed by atoms with Gasteiger partial charge >= 0.3 is 0 Å². The molecule has 0 bridgehead atoms. The second-order valence-electron chi connectivity index (χ2n) is 4.23. The average molecular weight is 201 g/mol. The number of ether oxygens (including phenoxy) is 2. The van der Waals surface area contributed by atoms with Crippen molar-refractivity contribution in [2.75, 3.05) is 26.3 Å². The fourth-order valence-electron chi connectivity index (χ4n) is 2.00. The molecule has 0 amide bonds. The third kappa shape index (κ3) is 3.56. The zero-order chi connectivity index (χ0) is 10.4. The lowest BCUT2D eigenvalue weighted by molar-refractivity contribution is -0.132. The van der Waals surface area contributed by atoms with Crippen LogP contribution in [0.2, 0.25) is 0 Å². The van der Waals surface area contributed by atoms with Crippen LogP contribution in [-0.4, -0.2) is 38.0 Å². The van der Waals surface area contributed by atoms with Gasteiger partial charge in [0.2, 0.25) is 0 Å². The van der Waals surface area contributed by atoms with Gasteiger partial charge in [-0.3, -0.25) is 0 Å². The number of hydrogen-bond acceptors (Lipinski definition) is 3. The Hall–Kier alpha value is -0.120. The lowest BCUT2D eigenvalue weighted by Crippen LogP contribution is -2.53. The Kier molecular flexibility index (Phi) is 4.85. The summed E-state index contributed by atoms with van der Waals surface area (Å²) < 4.78 is 11.4. The zero-order valence-electron chi connectivity index (χ0n) is 9.64. The number of nitrogens with one attached hydrogen (secondary N) is 1. The summed E-state index contributed by atoms with van der Waals surface area (Å²) in [5.74, 6) is 0. The van der Waals surface area contributed by atoms with E-state index in [-0.39, 0.29) is 11.7 Å². The highest BCUT2D eigenvalue weighted by atomic mass is 16.5. The number of hydrogen-bond donors (Lipinski definition) is 1. The van der Waals surface area contributed by atoms with Crippen LogP contribution in [0.1, 0.15) is 33.6 Å². The van der Waals surface area contributed by atoms with E-state index < -0.39 is 0 Å². The molecule has 2 unspecified atom stereocenters. The molecule has 1 aliphatic rings. The van der Waals surface area contributed by atoms with Crippen LogP contribution in [0, 0.1) is 0 Å². The summed E-state index contributed by atoms with van der Waals surface area (Å²) in [5.41, 5.74) is 0.00870. The normalized spacial score (nSPS) is 33.2. The third-order valence-electron chi connectivity index (χ3n) is 2.61. The first-order chi connectivity index (χ1) is 6.70. The summed E-state index contributed by atoms with van der Waals surface area (Å²) in [6.07, 6.45) is 2.50. The second kappa shape index (κ2) is 5.69. The van der Waals surface area contributed by atoms with Gasteiger partial charge in [-0.1, -0.05) is 13.3 Å². The van der Waals surface area contributed by atoms with E-state index in [2.05, 4.69) is 19.2 Å². The standard InChI is InChI=1S/C11H23NO2/c1-4-6-11(3)9-12-7-10(14-11)8-13-5-2/h10,12H,4-9H2,1-3H3. The molecule has 0 aromatic carbocycles. The minimum absolute atomic E-state index is 0.00870. The molecular formula is C11H23NO2. The smallest absolute Gasteiger partial charge is 0.0940 e. The van der Waals surface area contributed by atoms with Gasteiger partial charge in [0.05, 0.1) is 18.3 Å². The third-order valence-corrected chi connectivity index (χ3v) is 2.61. The Morgan fingerprint density at radius 3 is 2.93 bits per heavy atom. The van der Waals surface area contributed by atoms with Crippen molar-refractivity contribution < 1.29 is 9.47 Å². The molecule has 1 rings (SSSR count). The monoisotopic (exact) mass is 201 g/mol. The molecule has 3 heteroatoms. The zero-order valence-corrected chi connectivity index (χ0v) is 9.64. The van der Waals surface area contributed by atoms with Gasteiger partial charge in [-0.2, -0.15) is 0 Å². The molecule has 1 fully saturated rings. The highest BCUT2D eigenvalue weighted by molar-refractivity contribution is 4.84. The van der Waals surface area contributed by atoms with Crippen molar-refractivity contribution in [3.63, 3.8) is 0 Å². The first-order valence-electron chi connectivity index (χ1n) is 5.66. The van der Waals surface area contributed by atoms with E-state index in [1.165, 1.54) is 6.42 Å². The van der Waals surface area contributed by atoms with Crippen molar-refractivity contribution >= 4 is 0 Å². The number of morpholine rings is 1. The van der Waals surface area contributed by atoms with E-state index >= 15 is 0 Å². The van der Waals surface area contributed by atoms with Crippen molar-refractivity contribution in [2.45, 2.75) is 45.3 Å². The van der Waals surface area contributed by atoms with E-state index in [0.29, 0.717) is 6.61 Å². The van der Waals surface area contributed by atoms with Crippen molar-refractivity contribution in [1.82, 2.24) is 5.32 Å². The maximum atomic E-state index is 6.03. The van der Waals surface area contributed by atoms with E-state index in [4.69, 9.17) is 9.47 Å². The molecule has 0 aromatic rings. The minimum atomic E-state index is 0.00870. The van der Waals surface area contributed by atoms with Crippen LogP contribution in [0.4, 0.5) is 0 Å². The van der Waals surface area contributed by atoms with Crippen LogP contribution < -0.4 is 5.32 Å². The van der Waals surface area contributed by atoms with Crippen LogP contribution >= 0.6 is 0 Å². The van der Waals surface area contributed by atoms with Gasteiger partial charge < -0.3 is 14.8 Å². The van der Waals surface area contributed by atoms with Crippen LogP contribution in [0.5, 0.6) is 0 Å². The molecule has 0 aliphatic carbocycles. The summed E-state index contributed by atoms with van der Waals surface area (Å²) in [4.78, 5) is 0. The molecule has 0 aromatic heterocycles. The molecule has 0 spiro atoms. The predicted molar refractivity (Wildman–Crippen MR) is 57.5 cm³/mol. The first kappa shape index (κ1) is 12.0. The number of rotatable bonds is 5. The summed E-state index contributed by atoms with van der Waals surface area (Å²) in [6.45, 7) is 9.75. The predicted octanol–water partition coefficient (Wildman–Crippen LogP) is 1.57. The first-order valence-corrected chi connectivity index (χ1v) is 5.66. The Morgan fingerprint density at radius 2 is 2.29 bits per heavy atom. The largest absolute Gasteiger partial charge is 0.379 e. The summed E-state index contributed by atoms with van der Waals surface area (Å²) in [5, 5.41) is 3.41. The molecule has 84 valence electrons. The summed E-state index contributed by atoms with van der Waals surface area (Å²) >= 11 is 0. The average Bonchev–Trinajstić information content (AvgIpc) is 2.15. The van der Waals surface area contributed by atoms with Crippen molar-refractivity contribution in [3.8, 4) is 0 Å². The molecule has 1 aliphatic heterocycles. The Labute approximate surface area is 87.2 Å². The maximum absolute atomic E-state index is 6.03. The van der Waals surface area contributed by atoms with Crippen LogP contribution in [0.25, 0.3) is 0 Å². The van der Waals surface area contributed by atoms with E-state index in [0.717, 1.165) is 26.1 Å². The van der Waals surface area contributed by atoms with Gasteiger partial charge in [0, 0.05) is 19.7 Å². The van der Waals surface area contributed by atoms with E-state index in [1.54, 1.807) is 0 Å². The van der Waals surface area contributed by atoms with Gasteiger partial charge in [0.25, 0.3) is 0 Å². The minimum Gasteiger partial charge on any atom is -0.379 e. The van der Waals surface area contributed by atoms with Crippen LogP contribution in [-0.2, 0) is 9.47 Å². The summed E-state index contributed by atoms with van der Waals surface area (Å²) in [7, 11) is 0. The van der Waals surface area contributed by atoms with Crippen LogP contribution in [0.3, 0.4) is 0 Å². The molecule has 0 radical (unpaired) electrons. The summed E-state index contributed by atoms with van der Waals surface area (Å²) in [6, 6.07) is 0. The van der Waals surface area contributed by atoms with Gasteiger partial charge in [-0.25, -0.2) is 0 Å². The fraction of sp³-hybridized carbons (Fsp3) is 1.00. The Bertz CT molecular complexity index is 159. The highest BCUT2D eigenvalue weighted by Gasteiger charge is 2.31. The van der Waals surface area contributed by atoms with E-state index in [9.17, 15) is 0 Å². The lowest BCUT2D eigenvalue weighted by atomic mass is 9.98. The highest BCUT2D eigenvalue weighted by Crippen LogP contribution is 2.21. The Balaban J connectivity index is 2.34. The van der Waals surface area contributed by atoms with Gasteiger partial charge in [0.15, 0.2) is 0 Å². The molecule has 2 atom stereocenters. The van der Waals surface area contributed by atoms with E-state index in [1.807, 2.05) is 6.92 Å². The molecule has 1 N–H and O–H groups in total. The molecule has 1 saturated heterocycles. The van der Waals surface area contributed by atoms with Gasteiger partial charge in [-0.15, -0.1) is 0 Å². The molecule has 3 nitrogen and oxygen atoms in total. The molecule has 0 saturated carbocycles. The van der Waals surface area contributed by atoms with Crippen LogP contribution in [0.15, 0.2) is 0 Å². The fourth-order valence-corrected chi connectivity index (χ4v) is 2.00. The molecule has 1 heterocycles. The van der Waals surface area contributed by atoms with Crippen molar-refractivity contribution in [2.24, 2.45) is 0 Å². The topological polar surface area (TPSA) is 30.5 Å². The van der Waals surface area contributed by atoms with Crippen molar-refractivity contribution in [1.29, 1.82) is 0 Å². The van der Waals surface area contributed by atoms with Gasteiger partial charge in [0.1, 0.15) is 0 Å². The second-order valence-corrected chi connectivity index (χ2v) is 4.23. The van der Waals surface area contributed by atoms with Gasteiger partial charge in [-0.05, 0) is 20.3 Å². The lowest BCUT2D eigenvalue weighted by Gasteiger charge is -2.39. The maximum Gasteiger partial charge on any atom is 0.0940 e. The molecule has 14 heavy (non-hydrogen) atoms.